The number of nitrogens with one attached hydrogen (secondary N) is 3. The molecule has 2 fully saturated rings. The Bertz CT molecular complexity index is 894. The smallest absolute Gasteiger partial charge is 0.269 e. The third-order valence-electron chi connectivity index (χ3n) is 5.35. The highest BCUT2D eigenvalue weighted by Gasteiger charge is 2.38. The van der Waals surface area contributed by atoms with Gasteiger partial charge < -0.3 is 20.5 Å². The van der Waals surface area contributed by atoms with Crippen molar-refractivity contribution in [3.05, 3.63) is 24.3 Å². The monoisotopic (exact) mass is 370 g/mol. The van der Waals surface area contributed by atoms with Crippen LogP contribution in [0.1, 0.15) is 30.3 Å². The van der Waals surface area contributed by atoms with Gasteiger partial charge >= 0.3 is 0 Å². The van der Waals surface area contributed by atoms with Crippen molar-refractivity contribution in [1.29, 1.82) is 0 Å². The van der Waals surface area contributed by atoms with Gasteiger partial charge in [-0.2, -0.15) is 0 Å². The first-order valence-corrected chi connectivity index (χ1v) is 9.16. The lowest BCUT2D eigenvalue weighted by atomic mass is 10.0. The number of imidazole rings is 1. The fraction of sp³-hybridized carbons (Fsp3) is 0.500. The minimum atomic E-state index is -0.421. The fourth-order valence-electron chi connectivity index (χ4n) is 3.77. The average molecular weight is 370 g/mol. The summed E-state index contributed by atoms with van der Waals surface area (Å²) in [4.78, 5) is 49.4. The molecule has 9 heteroatoms. The zero-order chi connectivity index (χ0) is 19.0. The van der Waals surface area contributed by atoms with Gasteiger partial charge in [0.15, 0.2) is 0 Å². The molecule has 2 aliphatic rings. The molecule has 3 amide bonds. The molecule has 3 atom stereocenters. The molecule has 4 rings (SSSR count). The van der Waals surface area contributed by atoms with E-state index in [0.29, 0.717) is 37.3 Å². The highest BCUT2D eigenvalue weighted by molar-refractivity contribution is 5.95. The van der Waals surface area contributed by atoms with Crippen molar-refractivity contribution in [1.82, 2.24) is 30.5 Å². The van der Waals surface area contributed by atoms with Crippen molar-refractivity contribution in [3.63, 3.8) is 0 Å². The van der Waals surface area contributed by atoms with E-state index in [0.717, 1.165) is 11.9 Å². The molecule has 9 nitrogen and oxygen atoms in total. The molecule has 3 unspecified atom stereocenters. The third kappa shape index (κ3) is 3.49. The van der Waals surface area contributed by atoms with Gasteiger partial charge in [0.25, 0.3) is 5.91 Å². The van der Waals surface area contributed by atoms with E-state index in [4.69, 9.17) is 0 Å². The van der Waals surface area contributed by atoms with Gasteiger partial charge in [-0.05, 0) is 24.3 Å². The summed E-state index contributed by atoms with van der Waals surface area (Å²) < 4.78 is 0. The van der Waals surface area contributed by atoms with Crippen molar-refractivity contribution in [3.8, 4) is 0 Å². The van der Waals surface area contributed by atoms with Crippen molar-refractivity contribution >= 4 is 28.8 Å². The van der Waals surface area contributed by atoms with Gasteiger partial charge in [-0.15, -0.1) is 0 Å². The van der Waals surface area contributed by atoms with Crippen LogP contribution in [0.3, 0.4) is 0 Å². The number of amides is 3. The van der Waals surface area contributed by atoms with E-state index < -0.39 is 6.04 Å². The number of H-pyrrole nitrogens is 1. The quantitative estimate of drug-likeness (QED) is 0.703. The zero-order valence-electron chi connectivity index (χ0n) is 15.1. The lowest BCUT2D eigenvalue weighted by molar-refractivity contribution is -0.134. The Kier molecular flexibility index (Phi) is 4.51. The van der Waals surface area contributed by atoms with Gasteiger partial charge in [0.2, 0.25) is 11.8 Å². The van der Waals surface area contributed by atoms with Crippen LogP contribution in [-0.4, -0.2) is 63.2 Å². The van der Waals surface area contributed by atoms with Crippen molar-refractivity contribution in [2.75, 3.05) is 19.6 Å². The fourth-order valence-corrected chi connectivity index (χ4v) is 3.77. The molecule has 142 valence electrons. The van der Waals surface area contributed by atoms with E-state index in [1.807, 2.05) is 6.92 Å². The summed E-state index contributed by atoms with van der Waals surface area (Å²) in [6.07, 6.45) is 4.38. The van der Waals surface area contributed by atoms with E-state index in [-0.39, 0.29) is 29.6 Å². The lowest BCUT2D eigenvalue weighted by Gasteiger charge is -2.23. The van der Waals surface area contributed by atoms with Gasteiger partial charge in [-0.25, -0.2) is 9.97 Å². The molecular weight excluding hydrogens is 348 g/mol. The Morgan fingerprint density at radius 3 is 3.00 bits per heavy atom. The van der Waals surface area contributed by atoms with Crippen molar-refractivity contribution in [2.24, 2.45) is 11.8 Å². The largest absolute Gasteiger partial charge is 0.350 e. The minimum absolute atomic E-state index is 0.0202. The Hall–Kier alpha value is -2.97. The zero-order valence-corrected chi connectivity index (χ0v) is 15.1. The second-order valence-corrected chi connectivity index (χ2v) is 7.36. The molecule has 4 heterocycles. The van der Waals surface area contributed by atoms with Gasteiger partial charge in [-0.1, -0.05) is 6.92 Å². The number of aromatic nitrogens is 3. The predicted molar refractivity (Wildman–Crippen MR) is 96.6 cm³/mol. The molecule has 0 aliphatic carbocycles. The van der Waals surface area contributed by atoms with Gasteiger partial charge in [0, 0.05) is 26.1 Å². The predicted octanol–water partition coefficient (Wildman–Crippen LogP) is 0.0608. The maximum atomic E-state index is 12.6. The van der Waals surface area contributed by atoms with Crippen LogP contribution in [0.25, 0.3) is 11.0 Å². The highest BCUT2D eigenvalue weighted by Crippen LogP contribution is 2.22. The first kappa shape index (κ1) is 17.4. The maximum Gasteiger partial charge on any atom is 0.269 e. The van der Waals surface area contributed by atoms with Gasteiger partial charge in [0.05, 0.1) is 23.6 Å². The molecule has 3 N–H and O–H groups in total. The summed E-state index contributed by atoms with van der Waals surface area (Å²) in [6, 6.07) is 1.23. The second kappa shape index (κ2) is 6.98. The Morgan fingerprint density at radius 2 is 2.22 bits per heavy atom. The third-order valence-corrected chi connectivity index (χ3v) is 5.35. The van der Waals surface area contributed by atoms with E-state index in [1.165, 1.54) is 0 Å². The number of pyridine rings is 1. The van der Waals surface area contributed by atoms with E-state index in [2.05, 4.69) is 25.6 Å². The van der Waals surface area contributed by atoms with Crippen LogP contribution in [0.15, 0.2) is 18.6 Å². The normalized spacial score (nSPS) is 25.0. The summed E-state index contributed by atoms with van der Waals surface area (Å²) in [6.45, 7) is 3.63. The number of carbonyl (C=O) groups is 3. The van der Waals surface area contributed by atoms with Crippen LogP contribution in [0, 0.1) is 11.8 Å². The van der Waals surface area contributed by atoms with E-state index in [9.17, 15) is 14.4 Å². The topological polar surface area (TPSA) is 120 Å². The number of hydrogen-bond acceptors (Lipinski definition) is 5. The van der Waals surface area contributed by atoms with Crippen LogP contribution < -0.4 is 10.6 Å². The highest BCUT2D eigenvalue weighted by atomic mass is 16.2. The number of fused-ring (bicyclic) bond motifs is 1. The second-order valence-electron chi connectivity index (χ2n) is 7.36. The molecule has 2 aromatic rings. The summed E-state index contributed by atoms with van der Waals surface area (Å²) >= 11 is 0. The molecule has 2 aromatic heterocycles. The van der Waals surface area contributed by atoms with E-state index >= 15 is 0 Å². The van der Waals surface area contributed by atoms with Crippen LogP contribution in [-0.2, 0) is 9.59 Å². The number of aromatic amines is 1. The number of carbonyl (C=O) groups excluding carboxylic acids is 3. The van der Waals surface area contributed by atoms with Crippen LogP contribution in [0.5, 0.6) is 0 Å². The molecule has 0 bridgehead atoms. The molecule has 27 heavy (non-hydrogen) atoms. The summed E-state index contributed by atoms with van der Waals surface area (Å²) in [5.41, 5.74) is 1.80. The summed E-state index contributed by atoms with van der Waals surface area (Å²) in [7, 11) is 0. The molecule has 0 saturated carbocycles. The van der Waals surface area contributed by atoms with Gasteiger partial charge in [-0.3, -0.25) is 14.4 Å². The average Bonchev–Trinajstić information content (AvgIpc) is 3.38. The minimum Gasteiger partial charge on any atom is -0.350 e. The maximum absolute atomic E-state index is 12.6. The molecular formula is C18H22N6O3. The SMILES string of the molecule is CC1CC(=O)NC1C(=O)N1CCC(CNC(=O)c2cc3nc[nH]c3cn2)C1. The number of likely N-dealkylation sites (tertiary alicyclic amines) is 1. The molecule has 0 spiro atoms. The van der Waals surface area contributed by atoms with Crippen LogP contribution in [0.4, 0.5) is 0 Å². The summed E-state index contributed by atoms with van der Waals surface area (Å²) in [5, 5.41) is 5.66. The number of rotatable bonds is 4. The summed E-state index contributed by atoms with van der Waals surface area (Å²) in [5.74, 6) is -0.120. The number of hydrogen-bond donors (Lipinski definition) is 3. The Morgan fingerprint density at radius 1 is 1.37 bits per heavy atom. The first-order valence-electron chi connectivity index (χ1n) is 9.16. The standard InChI is InChI=1S/C18H22N6O3/c1-10-4-15(25)23-16(10)18(27)24-3-2-11(8-24)6-20-17(26)13-5-12-14(7-19-13)22-9-21-12/h5,7,9-11,16H,2-4,6,8H2,1H3,(H,20,26)(H,21,22)(H,23,25). The van der Waals surface area contributed by atoms with Crippen molar-refractivity contribution < 1.29 is 14.4 Å². The Balaban J connectivity index is 1.30. The molecule has 2 saturated heterocycles. The van der Waals surface area contributed by atoms with Crippen molar-refractivity contribution in [2.45, 2.75) is 25.8 Å². The van der Waals surface area contributed by atoms with Gasteiger partial charge in [0.1, 0.15) is 11.7 Å². The first-order chi connectivity index (χ1) is 13.0. The number of nitrogens with zero attached hydrogens (tertiary/aromatic N) is 3. The van der Waals surface area contributed by atoms with Crippen LogP contribution in [0.2, 0.25) is 0 Å². The van der Waals surface area contributed by atoms with E-state index in [1.54, 1.807) is 23.5 Å². The molecule has 0 aromatic carbocycles. The molecule has 2 aliphatic heterocycles. The molecule has 0 radical (unpaired) electrons. The van der Waals surface area contributed by atoms with Crippen LogP contribution >= 0.6 is 0 Å². The lowest BCUT2D eigenvalue weighted by Crippen LogP contribution is -2.46. The Labute approximate surface area is 155 Å².